The molecule has 0 aliphatic carbocycles. The molecule has 1 heterocycles. The third-order valence-corrected chi connectivity index (χ3v) is 4.32. The van der Waals surface area contributed by atoms with Crippen LogP contribution in [0.3, 0.4) is 0 Å². The average Bonchev–Trinajstić information content (AvgIpc) is 3.22. The molecule has 0 saturated carbocycles. The Bertz CT molecular complexity index is 1180. The standard InChI is InChI=1S/C22H16N2O5/c25-22(23-17-6-8-18(9-7-17)24(26)27)21-12-11-20(29-21)14-28-19-10-5-15-3-1-2-4-16(15)13-19/h1-13H,14H2,(H,23,25). The third kappa shape index (κ3) is 4.24. The molecule has 4 rings (SSSR count). The summed E-state index contributed by atoms with van der Waals surface area (Å²) < 4.78 is 11.3. The molecule has 0 bridgehead atoms. The first kappa shape index (κ1) is 18.2. The molecule has 1 amide bonds. The maximum Gasteiger partial charge on any atom is 0.291 e. The van der Waals surface area contributed by atoms with Crippen LogP contribution in [0.4, 0.5) is 11.4 Å². The number of rotatable bonds is 6. The lowest BCUT2D eigenvalue weighted by Gasteiger charge is -2.06. The van der Waals surface area contributed by atoms with Crippen LogP contribution in [-0.2, 0) is 6.61 Å². The summed E-state index contributed by atoms with van der Waals surface area (Å²) in [7, 11) is 0. The lowest BCUT2D eigenvalue weighted by Crippen LogP contribution is -2.10. The van der Waals surface area contributed by atoms with Gasteiger partial charge in [0.2, 0.25) is 0 Å². The summed E-state index contributed by atoms with van der Waals surface area (Å²) in [5.41, 5.74) is 0.389. The molecule has 4 aromatic rings. The van der Waals surface area contributed by atoms with E-state index in [0.29, 0.717) is 17.2 Å². The van der Waals surface area contributed by atoms with E-state index in [4.69, 9.17) is 9.15 Å². The van der Waals surface area contributed by atoms with Gasteiger partial charge in [-0.25, -0.2) is 0 Å². The second kappa shape index (κ2) is 7.85. The van der Waals surface area contributed by atoms with Crippen LogP contribution in [0.1, 0.15) is 16.3 Å². The number of nitrogens with zero attached hydrogens (tertiary/aromatic N) is 1. The highest BCUT2D eigenvalue weighted by atomic mass is 16.6. The van der Waals surface area contributed by atoms with Gasteiger partial charge in [-0.05, 0) is 47.2 Å². The summed E-state index contributed by atoms with van der Waals surface area (Å²) in [5.74, 6) is 0.889. The molecule has 1 aromatic heterocycles. The number of benzene rings is 3. The molecule has 0 spiro atoms. The minimum Gasteiger partial charge on any atom is -0.486 e. The monoisotopic (exact) mass is 388 g/mol. The second-order valence-electron chi connectivity index (χ2n) is 6.32. The molecule has 0 saturated heterocycles. The van der Waals surface area contributed by atoms with Gasteiger partial charge in [0.05, 0.1) is 4.92 Å². The lowest BCUT2D eigenvalue weighted by atomic mass is 10.1. The van der Waals surface area contributed by atoms with Crippen LogP contribution in [0.5, 0.6) is 5.75 Å². The predicted molar refractivity (Wildman–Crippen MR) is 108 cm³/mol. The van der Waals surface area contributed by atoms with E-state index in [2.05, 4.69) is 5.32 Å². The van der Waals surface area contributed by atoms with E-state index in [1.54, 1.807) is 12.1 Å². The van der Waals surface area contributed by atoms with E-state index < -0.39 is 10.8 Å². The van der Waals surface area contributed by atoms with Crippen molar-refractivity contribution in [1.29, 1.82) is 0 Å². The molecule has 1 N–H and O–H groups in total. The van der Waals surface area contributed by atoms with E-state index in [9.17, 15) is 14.9 Å². The Balaban J connectivity index is 1.38. The zero-order chi connectivity index (χ0) is 20.2. The summed E-state index contributed by atoms with van der Waals surface area (Å²) >= 11 is 0. The van der Waals surface area contributed by atoms with Crippen molar-refractivity contribution in [2.24, 2.45) is 0 Å². The highest BCUT2D eigenvalue weighted by Crippen LogP contribution is 2.22. The summed E-state index contributed by atoms with van der Waals surface area (Å²) in [4.78, 5) is 22.5. The average molecular weight is 388 g/mol. The van der Waals surface area contributed by atoms with Crippen molar-refractivity contribution in [2.75, 3.05) is 5.32 Å². The van der Waals surface area contributed by atoms with Gasteiger partial charge in [-0.3, -0.25) is 14.9 Å². The van der Waals surface area contributed by atoms with Crippen LogP contribution in [0, 0.1) is 10.1 Å². The summed E-state index contributed by atoms with van der Waals surface area (Å²) in [6, 6.07) is 22.6. The van der Waals surface area contributed by atoms with Crippen LogP contribution in [0.2, 0.25) is 0 Å². The number of fused-ring (bicyclic) bond motifs is 1. The highest BCUT2D eigenvalue weighted by molar-refractivity contribution is 6.02. The number of nitro groups is 1. The number of carbonyl (C=O) groups excluding carboxylic acids is 1. The van der Waals surface area contributed by atoms with Gasteiger partial charge in [-0.2, -0.15) is 0 Å². The van der Waals surface area contributed by atoms with E-state index in [1.165, 1.54) is 24.3 Å². The smallest absolute Gasteiger partial charge is 0.291 e. The molecule has 0 atom stereocenters. The maximum absolute atomic E-state index is 12.3. The molecule has 0 fully saturated rings. The predicted octanol–water partition coefficient (Wildman–Crippen LogP) is 5.17. The van der Waals surface area contributed by atoms with Crippen molar-refractivity contribution < 1.29 is 18.9 Å². The molecule has 0 aliphatic rings. The van der Waals surface area contributed by atoms with E-state index >= 15 is 0 Å². The van der Waals surface area contributed by atoms with Crippen LogP contribution >= 0.6 is 0 Å². The number of anilines is 1. The van der Waals surface area contributed by atoms with E-state index in [0.717, 1.165) is 10.8 Å². The van der Waals surface area contributed by atoms with Gasteiger partial charge < -0.3 is 14.5 Å². The number of nitrogens with one attached hydrogen (secondary N) is 1. The Morgan fingerprint density at radius 2 is 1.72 bits per heavy atom. The van der Waals surface area contributed by atoms with Crippen molar-refractivity contribution in [1.82, 2.24) is 0 Å². The summed E-state index contributed by atoms with van der Waals surface area (Å²) in [6.45, 7) is 0.184. The fourth-order valence-electron chi connectivity index (χ4n) is 2.85. The van der Waals surface area contributed by atoms with E-state index in [-0.39, 0.29) is 18.1 Å². The van der Waals surface area contributed by atoms with Crippen molar-refractivity contribution in [3.05, 3.63) is 100 Å². The number of ether oxygens (including phenoxy) is 1. The number of non-ortho nitro benzene ring substituents is 1. The minimum absolute atomic E-state index is 0.0471. The SMILES string of the molecule is O=C(Nc1ccc([N+](=O)[O-])cc1)c1ccc(COc2ccc3ccccc3c2)o1. The van der Waals surface area contributed by atoms with Crippen molar-refractivity contribution in [3.63, 3.8) is 0 Å². The number of hydrogen-bond acceptors (Lipinski definition) is 5. The van der Waals surface area contributed by atoms with Gasteiger partial charge in [0.15, 0.2) is 5.76 Å². The van der Waals surface area contributed by atoms with Gasteiger partial charge in [-0.1, -0.05) is 30.3 Å². The molecule has 144 valence electrons. The first-order valence-corrected chi connectivity index (χ1v) is 8.84. The van der Waals surface area contributed by atoms with E-state index in [1.807, 2.05) is 42.5 Å². The Kier molecular flexibility index (Phi) is 4.94. The topological polar surface area (TPSA) is 94.6 Å². The Hall–Kier alpha value is -4.13. The van der Waals surface area contributed by atoms with Crippen molar-refractivity contribution >= 4 is 28.1 Å². The van der Waals surface area contributed by atoms with Crippen LogP contribution in [-0.4, -0.2) is 10.8 Å². The number of furan rings is 1. The van der Waals surface area contributed by atoms with Gasteiger partial charge in [0, 0.05) is 17.8 Å². The maximum atomic E-state index is 12.3. The Labute approximate surface area is 165 Å². The van der Waals surface area contributed by atoms with Crippen LogP contribution < -0.4 is 10.1 Å². The normalized spacial score (nSPS) is 10.6. The molecule has 7 nitrogen and oxygen atoms in total. The Morgan fingerprint density at radius 1 is 0.966 bits per heavy atom. The molecule has 7 heteroatoms. The number of hydrogen-bond donors (Lipinski definition) is 1. The zero-order valence-electron chi connectivity index (χ0n) is 15.2. The number of carbonyl (C=O) groups is 1. The fourth-order valence-corrected chi connectivity index (χ4v) is 2.85. The van der Waals surface area contributed by atoms with Gasteiger partial charge in [0.25, 0.3) is 11.6 Å². The van der Waals surface area contributed by atoms with Gasteiger partial charge in [-0.15, -0.1) is 0 Å². The van der Waals surface area contributed by atoms with Crippen LogP contribution in [0.15, 0.2) is 83.3 Å². The third-order valence-electron chi connectivity index (χ3n) is 4.32. The first-order valence-electron chi connectivity index (χ1n) is 8.84. The van der Waals surface area contributed by atoms with Crippen molar-refractivity contribution in [2.45, 2.75) is 6.61 Å². The summed E-state index contributed by atoms with van der Waals surface area (Å²) in [5, 5.41) is 15.5. The molecule has 29 heavy (non-hydrogen) atoms. The molecule has 3 aromatic carbocycles. The molecular weight excluding hydrogens is 372 g/mol. The first-order chi connectivity index (χ1) is 14.1. The fraction of sp³-hybridized carbons (Fsp3) is 0.0455. The molecule has 0 unspecified atom stereocenters. The number of amides is 1. The molecular formula is C22H16N2O5. The summed E-state index contributed by atoms with van der Waals surface area (Å²) in [6.07, 6.45) is 0. The largest absolute Gasteiger partial charge is 0.486 e. The minimum atomic E-state index is -0.500. The van der Waals surface area contributed by atoms with Gasteiger partial charge >= 0.3 is 0 Å². The molecule has 0 radical (unpaired) electrons. The quantitative estimate of drug-likeness (QED) is 0.363. The molecule has 0 aliphatic heterocycles. The Morgan fingerprint density at radius 3 is 2.48 bits per heavy atom. The zero-order valence-corrected chi connectivity index (χ0v) is 15.2. The number of nitro benzene ring substituents is 1. The van der Waals surface area contributed by atoms with Gasteiger partial charge in [0.1, 0.15) is 18.1 Å². The van der Waals surface area contributed by atoms with Crippen molar-refractivity contribution in [3.8, 4) is 5.75 Å². The highest BCUT2D eigenvalue weighted by Gasteiger charge is 2.13. The second-order valence-corrected chi connectivity index (χ2v) is 6.32. The lowest BCUT2D eigenvalue weighted by molar-refractivity contribution is -0.384. The van der Waals surface area contributed by atoms with Crippen LogP contribution in [0.25, 0.3) is 10.8 Å².